The largest absolute Gasteiger partial charge is 0.494 e. The molecule has 5 nitrogen and oxygen atoms in total. The summed E-state index contributed by atoms with van der Waals surface area (Å²) in [6.45, 7) is 2.76. The zero-order valence-corrected chi connectivity index (χ0v) is 10.1. The number of aromatic nitrogens is 2. The highest BCUT2D eigenvalue weighted by atomic mass is 16.5. The first-order valence-electron chi connectivity index (χ1n) is 5.76. The molecule has 0 fully saturated rings. The van der Waals surface area contributed by atoms with E-state index in [2.05, 4.69) is 10.2 Å². The number of nitrogens with two attached hydrogens (primary N) is 1. The summed E-state index contributed by atoms with van der Waals surface area (Å²) in [6, 6.07) is 9.23. The summed E-state index contributed by atoms with van der Waals surface area (Å²) in [5, 5.41) is 6.44. The Kier molecular flexibility index (Phi) is 3.74. The molecule has 18 heavy (non-hydrogen) atoms. The lowest BCUT2D eigenvalue weighted by Gasteiger charge is -2.05. The maximum atomic E-state index is 11.4. The number of hydrogen-bond acceptors (Lipinski definition) is 4. The summed E-state index contributed by atoms with van der Waals surface area (Å²) in [4.78, 5) is 11.4. The van der Waals surface area contributed by atoms with E-state index in [-0.39, 0.29) is 12.1 Å². The topological polar surface area (TPSA) is 81.0 Å². The predicted molar refractivity (Wildman–Crippen MR) is 69.4 cm³/mol. The van der Waals surface area contributed by atoms with Crippen LogP contribution < -0.4 is 16.0 Å². The molecule has 1 aromatic heterocycles. The zero-order valence-electron chi connectivity index (χ0n) is 10.1. The van der Waals surface area contributed by atoms with E-state index < -0.39 is 0 Å². The van der Waals surface area contributed by atoms with Crippen LogP contribution in [-0.4, -0.2) is 16.8 Å². The Bertz CT molecular complexity index is 576. The number of H-pyrrole nitrogens is 1. The van der Waals surface area contributed by atoms with Gasteiger partial charge in [-0.05, 0) is 37.3 Å². The first-order chi connectivity index (χ1) is 8.74. The molecule has 0 amide bonds. The lowest BCUT2D eigenvalue weighted by Crippen LogP contribution is -2.17. The number of rotatable bonds is 4. The van der Waals surface area contributed by atoms with Gasteiger partial charge in [0.2, 0.25) is 0 Å². The van der Waals surface area contributed by atoms with Crippen molar-refractivity contribution in [2.24, 2.45) is 5.73 Å². The van der Waals surface area contributed by atoms with Gasteiger partial charge in [0.15, 0.2) is 0 Å². The maximum absolute atomic E-state index is 11.4. The van der Waals surface area contributed by atoms with E-state index in [0.29, 0.717) is 17.9 Å². The molecule has 2 rings (SSSR count). The van der Waals surface area contributed by atoms with E-state index >= 15 is 0 Å². The molecule has 0 saturated carbocycles. The highest BCUT2D eigenvalue weighted by molar-refractivity contribution is 5.60. The quantitative estimate of drug-likeness (QED) is 0.850. The van der Waals surface area contributed by atoms with Crippen LogP contribution in [0, 0.1) is 0 Å². The Morgan fingerprint density at radius 1 is 1.33 bits per heavy atom. The molecule has 1 aromatic carbocycles. The molecule has 0 atom stereocenters. The number of hydrogen-bond donors (Lipinski definition) is 2. The molecule has 94 valence electrons. The van der Waals surface area contributed by atoms with Crippen LogP contribution in [0.2, 0.25) is 0 Å². The molecule has 0 saturated heterocycles. The minimum absolute atomic E-state index is 0.196. The van der Waals surface area contributed by atoms with Crippen molar-refractivity contribution in [2.75, 3.05) is 6.61 Å². The summed E-state index contributed by atoms with van der Waals surface area (Å²) >= 11 is 0. The summed E-state index contributed by atoms with van der Waals surface area (Å²) in [6.07, 6.45) is 0. The van der Waals surface area contributed by atoms with E-state index in [1.807, 2.05) is 31.2 Å². The van der Waals surface area contributed by atoms with Crippen LogP contribution in [0.3, 0.4) is 0 Å². The van der Waals surface area contributed by atoms with Crippen molar-refractivity contribution in [3.05, 3.63) is 46.2 Å². The van der Waals surface area contributed by atoms with Crippen LogP contribution in [0.25, 0.3) is 11.3 Å². The van der Waals surface area contributed by atoms with Gasteiger partial charge in [-0.15, -0.1) is 0 Å². The third-order valence-electron chi connectivity index (χ3n) is 2.56. The van der Waals surface area contributed by atoms with Gasteiger partial charge in [0, 0.05) is 17.7 Å². The summed E-state index contributed by atoms with van der Waals surface area (Å²) in [5.74, 6) is 0.810. The van der Waals surface area contributed by atoms with Gasteiger partial charge < -0.3 is 10.5 Å². The van der Waals surface area contributed by atoms with E-state index in [0.717, 1.165) is 11.3 Å². The van der Waals surface area contributed by atoms with Crippen molar-refractivity contribution in [2.45, 2.75) is 13.5 Å². The molecule has 3 N–H and O–H groups in total. The Labute approximate surface area is 105 Å². The van der Waals surface area contributed by atoms with Crippen LogP contribution >= 0.6 is 0 Å². The molecule has 1 heterocycles. The SMILES string of the molecule is CCOc1ccc(-c2cc(CN)c(=O)[nH]n2)cc1. The van der Waals surface area contributed by atoms with E-state index in [1.165, 1.54) is 0 Å². The standard InChI is InChI=1S/C13H15N3O2/c1-2-18-11-5-3-9(4-6-11)12-7-10(8-14)13(17)16-15-12/h3-7H,2,8,14H2,1H3,(H,16,17). The van der Waals surface area contributed by atoms with Gasteiger partial charge >= 0.3 is 0 Å². The number of aromatic amines is 1. The summed E-state index contributed by atoms with van der Waals surface area (Å²) in [7, 11) is 0. The number of benzene rings is 1. The Morgan fingerprint density at radius 2 is 2.06 bits per heavy atom. The van der Waals surface area contributed by atoms with E-state index in [9.17, 15) is 4.79 Å². The fraction of sp³-hybridized carbons (Fsp3) is 0.231. The van der Waals surface area contributed by atoms with Gasteiger partial charge in [0.1, 0.15) is 5.75 Å². The summed E-state index contributed by atoms with van der Waals surface area (Å²) < 4.78 is 5.36. The average molecular weight is 245 g/mol. The van der Waals surface area contributed by atoms with Gasteiger partial charge in [0.05, 0.1) is 12.3 Å². The van der Waals surface area contributed by atoms with Crippen LogP contribution in [0.5, 0.6) is 5.75 Å². The Balaban J connectivity index is 2.33. The number of nitrogens with one attached hydrogen (secondary N) is 1. The van der Waals surface area contributed by atoms with Crippen molar-refractivity contribution in [3.8, 4) is 17.0 Å². The smallest absolute Gasteiger partial charge is 0.268 e. The fourth-order valence-corrected chi connectivity index (χ4v) is 1.63. The van der Waals surface area contributed by atoms with Crippen LogP contribution in [0.1, 0.15) is 12.5 Å². The van der Waals surface area contributed by atoms with Gasteiger partial charge in [-0.1, -0.05) is 0 Å². The third-order valence-corrected chi connectivity index (χ3v) is 2.56. The van der Waals surface area contributed by atoms with Gasteiger partial charge in [0.25, 0.3) is 5.56 Å². The molecule has 0 radical (unpaired) electrons. The molecular weight excluding hydrogens is 230 g/mol. The minimum atomic E-state index is -0.243. The first-order valence-corrected chi connectivity index (χ1v) is 5.76. The molecule has 0 spiro atoms. The number of ether oxygens (including phenoxy) is 1. The normalized spacial score (nSPS) is 10.3. The molecule has 0 aliphatic heterocycles. The molecule has 0 bridgehead atoms. The lowest BCUT2D eigenvalue weighted by molar-refractivity contribution is 0.340. The van der Waals surface area contributed by atoms with Crippen molar-refractivity contribution in [3.63, 3.8) is 0 Å². The highest BCUT2D eigenvalue weighted by Gasteiger charge is 2.04. The molecular formula is C13H15N3O2. The molecule has 0 unspecified atom stereocenters. The molecule has 0 aliphatic carbocycles. The second-order valence-electron chi connectivity index (χ2n) is 3.77. The van der Waals surface area contributed by atoms with E-state index in [4.69, 9.17) is 10.5 Å². The van der Waals surface area contributed by atoms with Crippen molar-refractivity contribution in [1.29, 1.82) is 0 Å². The second kappa shape index (κ2) is 5.46. The van der Waals surface area contributed by atoms with Crippen molar-refractivity contribution in [1.82, 2.24) is 10.2 Å². The molecule has 0 aliphatic rings. The zero-order chi connectivity index (χ0) is 13.0. The van der Waals surface area contributed by atoms with E-state index in [1.54, 1.807) is 6.07 Å². The van der Waals surface area contributed by atoms with Crippen molar-refractivity contribution < 1.29 is 4.74 Å². The van der Waals surface area contributed by atoms with Gasteiger partial charge in [-0.2, -0.15) is 5.10 Å². The molecule has 5 heteroatoms. The highest BCUT2D eigenvalue weighted by Crippen LogP contribution is 2.20. The molecule has 2 aromatic rings. The van der Waals surface area contributed by atoms with Gasteiger partial charge in [-0.25, -0.2) is 5.10 Å². The lowest BCUT2D eigenvalue weighted by atomic mass is 10.1. The first kappa shape index (κ1) is 12.3. The fourth-order valence-electron chi connectivity index (χ4n) is 1.63. The predicted octanol–water partition coefficient (Wildman–Crippen LogP) is 1.29. The van der Waals surface area contributed by atoms with Crippen molar-refractivity contribution >= 4 is 0 Å². The Hall–Kier alpha value is -2.14. The van der Waals surface area contributed by atoms with Gasteiger partial charge in [-0.3, -0.25) is 4.79 Å². The average Bonchev–Trinajstić information content (AvgIpc) is 2.41. The number of nitrogens with zero attached hydrogens (tertiary/aromatic N) is 1. The van der Waals surface area contributed by atoms with Crippen LogP contribution in [0.4, 0.5) is 0 Å². The maximum Gasteiger partial charge on any atom is 0.268 e. The van der Waals surface area contributed by atoms with Crippen LogP contribution in [-0.2, 0) is 6.54 Å². The third kappa shape index (κ3) is 2.57. The van der Waals surface area contributed by atoms with Crippen LogP contribution in [0.15, 0.2) is 35.1 Å². The second-order valence-corrected chi connectivity index (χ2v) is 3.77. The monoisotopic (exact) mass is 245 g/mol. The Morgan fingerprint density at radius 3 is 2.67 bits per heavy atom. The minimum Gasteiger partial charge on any atom is -0.494 e. The summed E-state index contributed by atoms with van der Waals surface area (Å²) in [5.41, 5.74) is 7.37.